The monoisotopic (exact) mass is 114 g/mol. The van der Waals surface area contributed by atoms with Crippen LogP contribution in [0.4, 0.5) is 0 Å². The maximum Gasteiger partial charge on any atom is 0.123 e. The highest BCUT2D eigenvalue weighted by molar-refractivity contribution is 5.52. The number of allylic oxidation sites excluding steroid dienone is 1. The fraction of sp³-hybridized carbons (Fsp3) is 0.500. The maximum absolute atomic E-state index is 9.70. The van der Waals surface area contributed by atoms with Crippen molar-refractivity contribution >= 4 is 6.29 Å². The average Bonchev–Trinajstić information content (AvgIpc) is 1.83. The lowest BCUT2D eigenvalue weighted by atomic mass is 10.3. The zero-order chi connectivity index (χ0) is 6.41. The van der Waals surface area contributed by atoms with Crippen LogP contribution < -0.4 is 0 Å². The maximum atomic E-state index is 9.70. The number of rotatable bonds is 3. The number of aliphatic hydroxyl groups is 1. The van der Waals surface area contributed by atoms with E-state index >= 15 is 0 Å². The van der Waals surface area contributed by atoms with E-state index < -0.39 is 0 Å². The van der Waals surface area contributed by atoms with Crippen molar-refractivity contribution in [2.75, 3.05) is 6.61 Å². The summed E-state index contributed by atoms with van der Waals surface area (Å²) in [6.07, 6.45) is 2.92. The first-order valence-electron chi connectivity index (χ1n) is 2.51. The van der Waals surface area contributed by atoms with Crippen molar-refractivity contribution in [1.82, 2.24) is 0 Å². The highest BCUT2D eigenvalue weighted by Crippen LogP contribution is 1.89. The molecule has 0 aromatic heterocycles. The van der Waals surface area contributed by atoms with Gasteiger partial charge in [-0.3, -0.25) is 0 Å². The molecule has 0 aliphatic carbocycles. The van der Waals surface area contributed by atoms with Gasteiger partial charge in [0.2, 0.25) is 0 Å². The molecule has 46 valence electrons. The molecule has 0 amide bonds. The Bertz CT molecular complexity index is 94.7. The molecule has 0 saturated heterocycles. The van der Waals surface area contributed by atoms with E-state index in [-0.39, 0.29) is 6.61 Å². The Morgan fingerprint density at radius 2 is 2.38 bits per heavy atom. The number of carbonyl (C=O) groups excluding carboxylic acids is 1. The average molecular weight is 114 g/mol. The summed E-state index contributed by atoms with van der Waals surface area (Å²) in [5.74, 6) is 0. The number of hydrogen-bond acceptors (Lipinski definition) is 2. The number of carbonyl (C=O) groups is 1. The molecule has 0 fully saturated rings. The minimum Gasteiger partial charge on any atom is -0.392 e. The molecule has 0 unspecified atom stereocenters. The van der Waals surface area contributed by atoms with E-state index in [1.54, 1.807) is 13.0 Å². The summed E-state index contributed by atoms with van der Waals surface area (Å²) < 4.78 is 0. The predicted octanol–water partition coefficient (Wildman–Crippen LogP) is 0.514. The topological polar surface area (TPSA) is 37.3 Å². The minimum absolute atomic E-state index is 0.0494. The zero-order valence-corrected chi connectivity index (χ0v) is 4.92. The van der Waals surface area contributed by atoms with Crippen molar-refractivity contribution in [1.29, 1.82) is 0 Å². The van der Waals surface area contributed by atoms with Crippen molar-refractivity contribution in [2.45, 2.75) is 13.3 Å². The van der Waals surface area contributed by atoms with Gasteiger partial charge in [0.25, 0.3) is 0 Å². The van der Waals surface area contributed by atoms with Crippen LogP contribution in [0.2, 0.25) is 0 Å². The number of hydrogen-bond donors (Lipinski definition) is 1. The van der Waals surface area contributed by atoms with Crippen molar-refractivity contribution in [3.05, 3.63) is 11.6 Å². The van der Waals surface area contributed by atoms with Crippen LogP contribution in [0.3, 0.4) is 0 Å². The van der Waals surface area contributed by atoms with Crippen LogP contribution in [0.5, 0.6) is 0 Å². The van der Waals surface area contributed by atoms with Gasteiger partial charge in [0, 0.05) is 6.42 Å². The Labute approximate surface area is 48.8 Å². The van der Waals surface area contributed by atoms with Gasteiger partial charge in [-0.2, -0.15) is 0 Å². The molecule has 1 N–H and O–H groups in total. The lowest BCUT2D eigenvalue weighted by Crippen LogP contribution is -1.82. The normalized spacial score (nSPS) is 11.5. The van der Waals surface area contributed by atoms with Gasteiger partial charge in [0.05, 0.1) is 6.61 Å². The summed E-state index contributed by atoms with van der Waals surface area (Å²) in [6.45, 7) is 1.83. The third-order valence-electron chi connectivity index (χ3n) is 0.812. The molecule has 0 spiro atoms. The quantitative estimate of drug-likeness (QED) is 0.429. The molecule has 2 heteroatoms. The van der Waals surface area contributed by atoms with Crippen molar-refractivity contribution in [3.63, 3.8) is 0 Å². The molecule has 0 aliphatic rings. The summed E-state index contributed by atoms with van der Waals surface area (Å²) >= 11 is 0. The lowest BCUT2D eigenvalue weighted by molar-refractivity contribution is -0.107. The van der Waals surface area contributed by atoms with E-state index in [2.05, 4.69) is 0 Å². The van der Waals surface area contributed by atoms with Gasteiger partial charge < -0.3 is 9.90 Å². The van der Waals surface area contributed by atoms with E-state index in [0.29, 0.717) is 6.42 Å². The molecular formula is C6H10O2. The van der Waals surface area contributed by atoms with Crippen LogP contribution in [0, 0.1) is 0 Å². The van der Waals surface area contributed by atoms with Crippen molar-refractivity contribution in [2.24, 2.45) is 0 Å². The number of aliphatic hydroxyl groups excluding tert-OH is 1. The second-order valence-electron chi connectivity index (χ2n) is 1.61. The molecule has 0 aromatic carbocycles. The first-order valence-corrected chi connectivity index (χ1v) is 2.51. The Balaban J connectivity index is 3.40. The van der Waals surface area contributed by atoms with Crippen LogP contribution in [0.1, 0.15) is 13.3 Å². The van der Waals surface area contributed by atoms with Gasteiger partial charge in [0.15, 0.2) is 0 Å². The lowest BCUT2D eigenvalue weighted by Gasteiger charge is -1.87. The summed E-state index contributed by atoms with van der Waals surface area (Å²) in [5, 5.41) is 8.38. The molecule has 0 heterocycles. The Hall–Kier alpha value is -0.630. The molecule has 0 bridgehead atoms. The van der Waals surface area contributed by atoms with Gasteiger partial charge in [-0.05, 0) is 6.92 Å². The van der Waals surface area contributed by atoms with Gasteiger partial charge in [-0.1, -0.05) is 11.6 Å². The predicted molar refractivity (Wildman–Crippen MR) is 31.5 cm³/mol. The highest BCUT2D eigenvalue weighted by Gasteiger charge is 1.80. The Morgan fingerprint density at radius 3 is 2.75 bits per heavy atom. The van der Waals surface area contributed by atoms with Crippen LogP contribution in [-0.4, -0.2) is 18.0 Å². The fourth-order valence-electron chi connectivity index (χ4n) is 0.314. The standard InChI is InChI=1S/C6H10O2/c1-6(5-8)3-2-4-7/h3-4,8H,2,5H2,1H3/b6-3-. The number of aldehydes is 1. The highest BCUT2D eigenvalue weighted by atomic mass is 16.3. The van der Waals surface area contributed by atoms with Crippen LogP contribution in [0.25, 0.3) is 0 Å². The molecule has 2 nitrogen and oxygen atoms in total. The van der Waals surface area contributed by atoms with E-state index in [0.717, 1.165) is 11.9 Å². The Morgan fingerprint density at radius 1 is 1.75 bits per heavy atom. The second kappa shape index (κ2) is 4.53. The fourth-order valence-corrected chi connectivity index (χ4v) is 0.314. The molecule has 0 rings (SSSR count). The van der Waals surface area contributed by atoms with Gasteiger partial charge in [0.1, 0.15) is 6.29 Å². The molecule has 0 aromatic rings. The third-order valence-corrected chi connectivity index (χ3v) is 0.812. The minimum atomic E-state index is 0.0494. The van der Waals surface area contributed by atoms with E-state index in [4.69, 9.17) is 5.11 Å². The van der Waals surface area contributed by atoms with Gasteiger partial charge in [-0.25, -0.2) is 0 Å². The summed E-state index contributed by atoms with van der Waals surface area (Å²) in [6, 6.07) is 0. The summed E-state index contributed by atoms with van der Waals surface area (Å²) in [7, 11) is 0. The zero-order valence-electron chi connectivity index (χ0n) is 4.92. The first kappa shape index (κ1) is 7.37. The smallest absolute Gasteiger partial charge is 0.123 e. The van der Waals surface area contributed by atoms with E-state index in [9.17, 15) is 4.79 Å². The molecule has 8 heavy (non-hydrogen) atoms. The van der Waals surface area contributed by atoms with Crippen LogP contribution in [0.15, 0.2) is 11.6 Å². The van der Waals surface area contributed by atoms with Crippen LogP contribution in [-0.2, 0) is 4.79 Å². The third kappa shape index (κ3) is 3.56. The molecule has 0 aliphatic heterocycles. The molecular weight excluding hydrogens is 104 g/mol. The van der Waals surface area contributed by atoms with Crippen molar-refractivity contribution < 1.29 is 9.90 Å². The van der Waals surface area contributed by atoms with Gasteiger partial charge in [-0.15, -0.1) is 0 Å². The largest absolute Gasteiger partial charge is 0.392 e. The van der Waals surface area contributed by atoms with E-state index in [1.807, 2.05) is 0 Å². The second-order valence-corrected chi connectivity index (χ2v) is 1.61. The van der Waals surface area contributed by atoms with Gasteiger partial charge >= 0.3 is 0 Å². The van der Waals surface area contributed by atoms with Crippen LogP contribution >= 0.6 is 0 Å². The Kier molecular flexibility index (Phi) is 4.17. The van der Waals surface area contributed by atoms with E-state index in [1.165, 1.54) is 0 Å². The molecule has 0 radical (unpaired) electrons. The molecule has 0 atom stereocenters. The summed E-state index contributed by atoms with van der Waals surface area (Å²) in [4.78, 5) is 9.70. The SMILES string of the molecule is C/C(=C/CC=O)CO. The van der Waals surface area contributed by atoms with Crippen molar-refractivity contribution in [3.8, 4) is 0 Å². The molecule has 0 saturated carbocycles. The summed E-state index contributed by atoms with van der Waals surface area (Å²) in [5.41, 5.74) is 0.845. The first-order chi connectivity index (χ1) is 3.81.